The number of hydrogen-bond acceptors (Lipinski definition) is 1. The summed E-state index contributed by atoms with van der Waals surface area (Å²) >= 11 is 0. The largest absolute Gasteiger partial charge is 0.478 e. The maximum atomic E-state index is 10.5. The van der Waals surface area contributed by atoms with Crippen molar-refractivity contribution < 1.29 is 9.90 Å². The third kappa shape index (κ3) is 6.70. The van der Waals surface area contributed by atoms with Crippen LogP contribution in [0.15, 0.2) is 11.6 Å². The van der Waals surface area contributed by atoms with Crippen LogP contribution in [-0.2, 0) is 4.79 Å². The van der Waals surface area contributed by atoms with E-state index in [0.29, 0.717) is 11.5 Å². The van der Waals surface area contributed by atoms with Crippen molar-refractivity contribution in [3.8, 4) is 0 Å². The molecule has 0 rings (SSSR count). The Morgan fingerprint density at radius 2 is 1.93 bits per heavy atom. The zero-order valence-electron chi connectivity index (χ0n) is 9.71. The van der Waals surface area contributed by atoms with Crippen LogP contribution in [0, 0.1) is 11.8 Å². The maximum absolute atomic E-state index is 10.5. The molecule has 0 saturated carbocycles. The first kappa shape index (κ1) is 13.2. The zero-order valence-corrected chi connectivity index (χ0v) is 9.71. The van der Waals surface area contributed by atoms with Gasteiger partial charge in [0, 0.05) is 5.57 Å². The molecule has 2 heteroatoms. The Balaban J connectivity index is 3.73. The molecule has 0 aromatic rings. The maximum Gasteiger partial charge on any atom is 0.330 e. The molecule has 82 valence electrons. The Morgan fingerprint density at radius 3 is 2.36 bits per heavy atom. The van der Waals surface area contributed by atoms with E-state index in [2.05, 4.69) is 20.8 Å². The second-order valence-corrected chi connectivity index (χ2v) is 4.50. The highest BCUT2D eigenvalue weighted by Crippen LogP contribution is 2.16. The highest BCUT2D eigenvalue weighted by Gasteiger charge is 2.04. The summed E-state index contributed by atoms with van der Waals surface area (Å²) in [5, 5.41) is 8.62. The summed E-state index contributed by atoms with van der Waals surface area (Å²) in [6.07, 6.45) is 5.01. The van der Waals surface area contributed by atoms with E-state index >= 15 is 0 Å². The van der Waals surface area contributed by atoms with Crippen LogP contribution in [0.3, 0.4) is 0 Å². The van der Waals surface area contributed by atoms with E-state index < -0.39 is 5.97 Å². The third-order valence-electron chi connectivity index (χ3n) is 2.32. The van der Waals surface area contributed by atoms with Crippen molar-refractivity contribution in [1.29, 1.82) is 0 Å². The minimum Gasteiger partial charge on any atom is -0.478 e. The molecule has 0 aromatic carbocycles. The Kier molecular flexibility index (Phi) is 6.26. The standard InChI is InChI=1S/C12H22O2/c1-9(2)8-10(3)6-5-7-11(4)12(13)14/h7,9-10H,5-6,8H2,1-4H3,(H,13,14). The number of hydrogen-bond donors (Lipinski definition) is 1. The molecule has 14 heavy (non-hydrogen) atoms. The molecule has 0 bridgehead atoms. The molecule has 0 fully saturated rings. The normalized spacial score (nSPS) is 14.5. The zero-order chi connectivity index (χ0) is 11.1. The van der Waals surface area contributed by atoms with E-state index in [-0.39, 0.29) is 0 Å². The van der Waals surface area contributed by atoms with Crippen molar-refractivity contribution in [2.24, 2.45) is 11.8 Å². The predicted octanol–water partition coefficient (Wildman–Crippen LogP) is 3.48. The topological polar surface area (TPSA) is 37.3 Å². The molecule has 1 atom stereocenters. The lowest BCUT2D eigenvalue weighted by Crippen LogP contribution is -2.00. The van der Waals surface area contributed by atoms with E-state index in [1.54, 1.807) is 6.92 Å². The van der Waals surface area contributed by atoms with Gasteiger partial charge < -0.3 is 5.11 Å². The summed E-state index contributed by atoms with van der Waals surface area (Å²) in [5.41, 5.74) is 0.460. The number of rotatable bonds is 6. The van der Waals surface area contributed by atoms with Crippen molar-refractivity contribution in [2.45, 2.75) is 47.0 Å². The van der Waals surface area contributed by atoms with Gasteiger partial charge in [0.2, 0.25) is 0 Å². The van der Waals surface area contributed by atoms with Crippen LogP contribution in [-0.4, -0.2) is 11.1 Å². The lowest BCUT2D eigenvalue weighted by atomic mass is 9.94. The van der Waals surface area contributed by atoms with Gasteiger partial charge in [-0.05, 0) is 38.0 Å². The molecule has 0 aliphatic rings. The van der Waals surface area contributed by atoms with Crippen molar-refractivity contribution in [2.75, 3.05) is 0 Å². The summed E-state index contributed by atoms with van der Waals surface area (Å²) in [5.74, 6) is 0.615. The van der Waals surface area contributed by atoms with E-state index in [1.807, 2.05) is 6.08 Å². The van der Waals surface area contributed by atoms with Crippen molar-refractivity contribution >= 4 is 5.97 Å². The van der Waals surface area contributed by atoms with Gasteiger partial charge in [0.1, 0.15) is 0 Å². The van der Waals surface area contributed by atoms with Crippen LogP contribution in [0.2, 0.25) is 0 Å². The van der Waals surface area contributed by atoms with Crippen LogP contribution in [0.1, 0.15) is 47.0 Å². The van der Waals surface area contributed by atoms with E-state index in [0.717, 1.165) is 18.8 Å². The smallest absolute Gasteiger partial charge is 0.330 e. The van der Waals surface area contributed by atoms with Gasteiger partial charge in [-0.2, -0.15) is 0 Å². The van der Waals surface area contributed by atoms with Gasteiger partial charge in [-0.3, -0.25) is 0 Å². The van der Waals surface area contributed by atoms with Gasteiger partial charge >= 0.3 is 5.97 Å². The first-order chi connectivity index (χ1) is 6.43. The monoisotopic (exact) mass is 198 g/mol. The second kappa shape index (κ2) is 6.63. The molecule has 0 radical (unpaired) electrons. The van der Waals surface area contributed by atoms with Crippen LogP contribution in [0.4, 0.5) is 0 Å². The minimum absolute atomic E-state index is 0.460. The number of allylic oxidation sites excluding steroid dienone is 1. The molecular formula is C12H22O2. The Labute approximate surface area is 87.0 Å². The average molecular weight is 198 g/mol. The number of carbonyl (C=O) groups is 1. The molecule has 0 saturated heterocycles. The summed E-state index contributed by atoms with van der Waals surface area (Å²) in [6.45, 7) is 8.31. The highest BCUT2D eigenvalue weighted by atomic mass is 16.4. The van der Waals surface area contributed by atoms with Gasteiger partial charge in [-0.15, -0.1) is 0 Å². The lowest BCUT2D eigenvalue weighted by Gasteiger charge is -2.12. The van der Waals surface area contributed by atoms with Crippen LogP contribution in [0.5, 0.6) is 0 Å². The fourth-order valence-electron chi connectivity index (χ4n) is 1.59. The van der Waals surface area contributed by atoms with Crippen LogP contribution in [0.25, 0.3) is 0 Å². The van der Waals surface area contributed by atoms with E-state index in [1.165, 1.54) is 6.42 Å². The third-order valence-corrected chi connectivity index (χ3v) is 2.32. The van der Waals surface area contributed by atoms with E-state index in [9.17, 15) is 4.79 Å². The Hall–Kier alpha value is -0.790. The predicted molar refractivity (Wildman–Crippen MR) is 59.2 cm³/mol. The summed E-state index contributed by atoms with van der Waals surface area (Å²) < 4.78 is 0. The molecule has 0 amide bonds. The fourth-order valence-corrected chi connectivity index (χ4v) is 1.59. The first-order valence-corrected chi connectivity index (χ1v) is 5.33. The SMILES string of the molecule is CC(=CCCC(C)CC(C)C)C(=O)O. The van der Waals surface area contributed by atoms with Gasteiger partial charge in [0.25, 0.3) is 0 Å². The molecule has 2 nitrogen and oxygen atoms in total. The summed E-state index contributed by atoms with van der Waals surface area (Å²) in [7, 11) is 0. The molecule has 1 unspecified atom stereocenters. The fraction of sp³-hybridized carbons (Fsp3) is 0.750. The average Bonchev–Trinajstić information content (AvgIpc) is 2.02. The Morgan fingerprint density at radius 1 is 1.36 bits per heavy atom. The molecule has 1 N–H and O–H groups in total. The Bertz CT molecular complexity index is 204. The van der Waals surface area contributed by atoms with Crippen LogP contribution < -0.4 is 0 Å². The van der Waals surface area contributed by atoms with Crippen molar-refractivity contribution in [3.05, 3.63) is 11.6 Å². The van der Waals surface area contributed by atoms with Gasteiger partial charge in [0.15, 0.2) is 0 Å². The van der Waals surface area contributed by atoms with Crippen LogP contribution >= 0.6 is 0 Å². The van der Waals surface area contributed by atoms with Crippen molar-refractivity contribution in [3.63, 3.8) is 0 Å². The highest BCUT2D eigenvalue weighted by molar-refractivity contribution is 5.85. The molecule has 0 spiro atoms. The van der Waals surface area contributed by atoms with Gasteiger partial charge in [-0.25, -0.2) is 4.79 Å². The van der Waals surface area contributed by atoms with Crippen molar-refractivity contribution in [1.82, 2.24) is 0 Å². The number of aliphatic carboxylic acids is 1. The molecular weight excluding hydrogens is 176 g/mol. The summed E-state index contributed by atoms with van der Waals surface area (Å²) in [4.78, 5) is 10.5. The first-order valence-electron chi connectivity index (χ1n) is 5.33. The number of carboxylic acid groups (broad SMARTS) is 1. The molecule has 0 aliphatic carbocycles. The quantitative estimate of drug-likeness (QED) is 0.663. The van der Waals surface area contributed by atoms with Gasteiger partial charge in [-0.1, -0.05) is 26.8 Å². The molecule has 0 heterocycles. The minimum atomic E-state index is -0.804. The molecule has 0 aromatic heterocycles. The number of carboxylic acids is 1. The van der Waals surface area contributed by atoms with E-state index in [4.69, 9.17) is 5.11 Å². The molecule has 0 aliphatic heterocycles. The summed E-state index contributed by atoms with van der Waals surface area (Å²) in [6, 6.07) is 0. The second-order valence-electron chi connectivity index (χ2n) is 4.50. The lowest BCUT2D eigenvalue weighted by molar-refractivity contribution is -0.132. The van der Waals surface area contributed by atoms with Gasteiger partial charge in [0.05, 0.1) is 0 Å².